The molecule has 0 spiro atoms. The normalized spacial score (nSPS) is 27.2. The topological polar surface area (TPSA) is 50.8 Å². The molecule has 2 aliphatic heterocycles. The molecule has 5 nitrogen and oxygen atoms in total. The quantitative estimate of drug-likeness (QED) is 0.680. The van der Waals surface area contributed by atoms with Gasteiger partial charge in [-0.1, -0.05) is 30.3 Å². The second-order valence-electron chi connectivity index (χ2n) is 7.70. The molecule has 0 radical (unpaired) electrons. The van der Waals surface area contributed by atoms with Crippen molar-refractivity contribution in [2.75, 3.05) is 39.3 Å². The van der Waals surface area contributed by atoms with Crippen LogP contribution in [0.5, 0.6) is 0 Å². The van der Waals surface area contributed by atoms with Gasteiger partial charge in [-0.2, -0.15) is 11.3 Å². The summed E-state index contributed by atoms with van der Waals surface area (Å²) in [6.07, 6.45) is 0.851. The van der Waals surface area contributed by atoms with Crippen LogP contribution < -0.4 is 10.9 Å². The monoisotopic (exact) mass is 386 g/mol. The van der Waals surface area contributed by atoms with Crippen molar-refractivity contribution in [1.82, 2.24) is 20.7 Å². The van der Waals surface area contributed by atoms with Crippen LogP contribution in [0.2, 0.25) is 0 Å². The van der Waals surface area contributed by atoms with Gasteiger partial charge in [-0.25, -0.2) is 5.43 Å². The molecule has 3 N–H and O–H groups in total. The molecule has 27 heavy (non-hydrogen) atoms. The first-order valence-corrected chi connectivity index (χ1v) is 10.9. The molecule has 0 bridgehead atoms. The minimum absolute atomic E-state index is 0.262. The van der Waals surface area contributed by atoms with Crippen molar-refractivity contribution in [3.05, 3.63) is 58.3 Å². The van der Waals surface area contributed by atoms with Gasteiger partial charge in [0.1, 0.15) is 0 Å². The van der Waals surface area contributed by atoms with Crippen LogP contribution in [0.3, 0.4) is 0 Å². The highest BCUT2D eigenvalue weighted by atomic mass is 32.1. The van der Waals surface area contributed by atoms with Crippen LogP contribution in [0, 0.1) is 5.92 Å². The number of thiophene rings is 1. The minimum atomic E-state index is 0.262. The van der Waals surface area contributed by atoms with Crippen molar-refractivity contribution >= 4 is 11.3 Å². The number of piperazine rings is 1. The Hall–Kier alpha value is -1.28. The van der Waals surface area contributed by atoms with Crippen molar-refractivity contribution in [3.63, 3.8) is 0 Å². The molecule has 6 heteroatoms. The Kier molecular flexibility index (Phi) is 6.55. The third-order valence-corrected chi connectivity index (χ3v) is 6.59. The molecule has 2 aliphatic rings. The Morgan fingerprint density at radius 1 is 1.15 bits per heavy atom. The summed E-state index contributed by atoms with van der Waals surface area (Å²) in [5.74, 6) is 0.561. The highest BCUT2D eigenvalue weighted by Crippen LogP contribution is 2.27. The average Bonchev–Trinajstić information content (AvgIpc) is 3.37. The zero-order chi connectivity index (χ0) is 18.5. The SMILES string of the molecule is OCCC1CN(CC2CNNC2c2ccccc2)CCN1Cc1ccsc1. The van der Waals surface area contributed by atoms with E-state index in [9.17, 15) is 5.11 Å². The largest absolute Gasteiger partial charge is 0.396 e. The van der Waals surface area contributed by atoms with E-state index in [0.29, 0.717) is 18.0 Å². The van der Waals surface area contributed by atoms with Gasteiger partial charge in [-0.3, -0.25) is 10.3 Å². The van der Waals surface area contributed by atoms with Crippen molar-refractivity contribution in [1.29, 1.82) is 0 Å². The zero-order valence-electron chi connectivity index (χ0n) is 15.8. The number of nitrogens with zero attached hydrogens (tertiary/aromatic N) is 2. The summed E-state index contributed by atoms with van der Waals surface area (Å²) in [4.78, 5) is 5.15. The fourth-order valence-corrected chi connectivity index (χ4v) is 5.08. The first kappa shape index (κ1) is 19.1. The van der Waals surface area contributed by atoms with Gasteiger partial charge in [-0.05, 0) is 34.4 Å². The van der Waals surface area contributed by atoms with Crippen molar-refractivity contribution in [3.8, 4) is 0 Å². The van der Waals surface area contributed by atoms with Crippen LogP contribution in [0.25, 0.3) is 0 Å². The maximum absolute atomic E-state index is 9.56. The van der Waals surface area contributed by atoms with Gasteiger partial charge in [0.05, 0.1) is 6.04 Å². The van der Waals surface area contributed by atoms with Gasteiger partial charge in [0.25, 0.3) is 0 Å². The van der Waals surface area contributed by atoms with E-state index in [2.05, 4.69) is 67.8 Å². The standard InChI is InChI=1S/C21H30N4OS/c26-10-6-20-15-24(8-9-25(20)13-17-7-11-27-16-17)14-19-12-22-23-21(19)18-4-2-1-3-5-18/h1-5,7,11,16,19-23,26H,6,8-10,12-15H2. The molecule has 1 aromatic carbocycles. The van der Waals surface area contributed by atoms with Crippen LogP contribution in [0.1, 0.15) is 23.6 Å². The molecule has 3 unspecified atom stereocenters. The van der Waals surface area contributed by atoms with Gasteiger partial charge < -0.3 is 10.0 Å². The predicted molar refractivity (Wildman–Crippen MR) is 110 cm³/mol. The summed E-state index contributed by atoms with van der Waals surface area (Å²) < 4.78 is 0. The number of nitrogens with one attached hydrogen (secondary N) is 2. The number of benzene rings is 1. The predicted octanol–water partition coefficient (Wildman–Crippen LogP) is 2.08. The fraction of sp³-hybridized carbons (Fsp3) is 0.524. The number of aliphatic hydroxyl groups excluding tert-OH is 1. The Balaban J connectivity index is 1.37. The van der Waals surface area contributed by atoms with E-state index in [1.54, 1.807) is 11.3 Å². The van der Waals surface area contributed by atoms with Crippen LogP contribution >= 0.6 is 11.3 Å². The summed E-state index contributed by atoms with van der Waals surface area (Å²) in [6, 6.07) is 13.8. The van der Waals surface area contributed by atoms with Crippen LogP contribution in [-0.4, -0.2) is 60.3 Å². The Morgan fingerprint density at radius 2 is 2.04 bits per heavy atom. The second kappa shape index (κ2) is 9.28. The number of hydrogen-bond donors (Lipinski definition) is 3. The van der Waals surface area contributed by atoms with E-state index in [-0.39, 0.29) is 6.61 Å². The second-order valence-corrected chi connectivity index (χ2v) is 8.48. The molecule has 0 saturated carbocycles. The molecule has 3 atom stereocenters. The van der Waals surface area contributed by atoms with Gasteiger partial charge in [0.2, 0.25) is 0 Å². The lowest BCUT2D eigenvalue weighted by Gasteiger charge is -2.42. The van der Waals surface area contributed by atoms with E-state index >= 15 is 0 Å². The molecule has 0 amide bonds. The molecule has 2 fully saturated rings. The summed E-state index contributed by atoms with van der Waals surface area (Å²) >= 11 is 1.76. The molecule has 2 saturated heterocycles. The van der Waals surface area contributed by atoms with E-state index in [4.69, 9.17) is 0 Å². The molecule has 4 rings (SSSR count). The van der Waals surface area contributed by atoms with Crippen LogP contribution in [-0.2, 0) is 6.54 Å². The molecule has 2 aromatic rings. The first-order valence-electron chi connectivity index (χ1n) is 9.95. The van der Waals surface area contributed by atoms with Gasteiger partial charge in [0, 0.05) is 57.8 Å². The Labute approximate surface area is 166 Å². The van der Waals surface area contributed by atoms with E-state index < -0.39 is 0 Å². The Morgan fingerprint density at radius 3 is 2.81 bits per heavy atom. The third kappa shape index (κ3) is 4.77. The van der Waals surface area contributed by atoms with Crippen LogP contribution in [0.4, 0.5) is 0 Å². The minimum Gasteiger partial charge on any atom is -0.396 e. The number of rotatable bonds is 7. The lowest BCUT2D eigenvalue weighted by molar-refractivity contribution is 0.0458. The summed E-state index contributed by atoms with van der Waals surface area (Å²) in [7, 11) is 0. The molecule has 146 valence electrons. The fourth-order valence-electron chi connectivity index (χ4n) is 4.42. The van der Waals surface area contributed by atoms with E-state index in [1.165, 1.54) is 11.1 Å². The lowest BCUT2D eigenvalue weighted by atomic mass is 9.94. The van der Waals surface area contributed by atoms with E-state index in [1.807, 2.05) is 0 Å². The summed E-state index contributed by atoms with van der Waals surface area (Å²) in [5.41, 5.74) is 9.57. The van der Waals surface area contributed by atoms with Gasteiger partial charge in [0.15, 0.2) is 0 Å². The molecular weight excluding hydrogens is 356 g/mol. The highest BCUT2D eigenvalue weighted by molar-refractivity contribution is 7.07. The van der Waals surface area contributed by atoms with E-state index in [0.717, 1.165) is 45.7 Å². The zero-order valence-corrected chi connectivity index (χ0v) is 16.6. The Bertz CT molecular complexity index is 681. The molecule has 0 aliphatic carbocycles. The first-order chi connectivity index (χ1) is 13.3. The van der Waals surface area contributed by atoms with Crippen molar-refractivity contribution < 1.29 is 5.11 Å². The average molecular weight is 387 g/mol. The number of hydrogen-bond acceptors (Lipinski definition) is 6. The summed E-state index contributed by atoms with van der Waals surface area (Å²) in [5, 5.41) is 13.9. The third-order valence-electron chi connectivity index (χ3n) is 5.86. The maximum atomic E-state index is 9.56. The number of hydrazine groups is 1. The molecule has 3 heterocycles. The molecule has 1 aromatic heterocycles. The van der Waals surface area contributed by atoms with Gasteiger partial charge in [-0.15, -0.1) is 0 Å². The van der Waals surface area contributed by atoms with Crippen molar-refractivity contribution in [2.45, 2.75) is 25.0 Å². The smallest absolute Gasteiger partial charge is 0.0515 e. The van der Waals surface area contributed by atoms with Crippen molar-refractivity contribution in [2.24, 2.45) is 5.92 Å². The maximum Gasteiger partial charge on any atom is 0.0515 e. The lowest BCUT2D eigenvalue weighted by Crippen LogP contribution is -2.54. The summed E-state index contributed by atoms with van der Waals surface area (Å²) in [6.45, 7) is 6.57. The number of aliphatic hydroxyl groups is 1. The van der Waals surface area contributed by atoms with Gasteiger partial charge >= 0.3 is 0 Å². The highest BCUT2D eigenvalue weighted by Gasteiger charge is 2.33. The molecular formula is C21H30N4OS. The van der Waals surface area contributed by atoms with Crippen LogP contribution in [0.15, 0.2) is 47.2 Å².